The number of aliphatic hydroxyl groups is 1. The molecule has 0 spiro atoms. The zero-order chi connectivity index (χ0) is 8.43. The van der Waals surface area contributed by atoms with E-state index < -0.39 is 0 Å². The summed E-state index contributed by atoms with van der Waals surface area (Å²) in [4.78, 5) is 3.97. The summed E-state index contributed by atoms with van der Waals surface area (Å²) in [6.45, 7) is 7.61. The summed E-state index contributed by atoms with van der Waals surface area (Å²) in [6, 6.07) is 0. The van der Waals surface area contributed by atoms with Gasteiger partial charge in [-0.05, 0) is 6.92 Å². The van der Waals surface area contributed by atoms with Crippen LogP contribution in [-0.2, 0) is 0 Å². The number of nitrogens with one attached hydrogen (secondary N) is 1. The minimum atomic E-state index is 0.118. The van der Waals surface area contributed by atoms with Crippen LogP contribution in [0.2, 0.25) is 0 Å². The number of amidine groups is 1. The fraction of sp³-hybridized carbons (Fsp3) is 0.500. The Morgan fingerprint density at radius 1 is 1.55 bits per heavy atom. The third-order valence-electron chi connectivity index (χ3n) is 1.56. The summed E-state index contributed by atoms with van der Waals surface area (Å²) in [5.41, 5.74) is 0.773. The maximum atomic E-state index is 9.22. The van der Waals surface area contributed by atoms with Crippen molar-refractivity contribution in [2.45, 2.75) is 20.8 Å². The monoisotopic (exact) mass is 153 g/mol. The number of hydrogen-bond acceptors (Lipinski definition) is 3. The maximum Gasteiger partial charge on any atom is 0.213 e. The highest BCUT2D eigenvalue weighted by atomic mass is 16.3. The number of hydrogen-bond donors (Lipinski definition) is 2. The minimum absolute atomic E-state index is 0.118. The molecule has 1 aliphatic heterocycles. The molecule has 0 atom stereocenters. The molecule has 0 aromatic heterocycles. The molecule has 2 N–H and O–H groups in total. The van der Waals surface area contributed by atoms with Crippen LogP contribution in [0.4, 0.5) is 0 Å². The van der Waals surface area contributed by atoms with E-state index in [-0.39, 0.29) is 5.88 Å². The van der Waals surface area contributed by atoms with Gasteiger partial charge < -0.3 is 10.4 Å². The molecule has 3 nitrogen and oxygen atoms in total. The van der Waals surface area contributed by atoms with Gasteiger partial charge in [0.25, 0.3) is 0 Å². The Morgan fingerprint density at radius 2 is 2.18 bits per heavy atom. The molecule has 0 aromatic rings. The molecule has 0 saturated carbocycles. The van der Waals surface area contributed by atoms with Crippen LogP contribution in [0, 0.1) is 12.5 Å². The van der Waals surface area contributed by atoms with Gasteiger partial charge in [-0.3, -0.25) is 0 Å². The van der Waals surface area contributed by atoms with Crippen LogP contribution in [0.3, 0.4) is 0 Å². The number of aliphatic imine (C=N–C) groups is 1. The Balaban J connectivity index is 2.81. The van der Waals surface area contributed by atoms with Gasteiger partial charge in [0.1, 0.15) is 5.84 Å². The molecule has 0 fully saturated rings. The van der Waals surface area contributed by atoms with Crippen molar-refractivity contribution >= 4 is 5.84 Å². The van der Waals surface area contributed by atoms with Crippen molar-refractivity contribution in [2.24, 2.45) is 10.9 Å². The Morgan fingerprint density at radius 3 is 2.64 bits per heavy atom. The predicted octanol–water partition coefficient (Wildman–Crippen LogP) is 1.60. The first kappa shape index (κ1) is 8.11. The standard InChI is InChI=1S/C8H13N2O/c1-5(2)7-9-4-6(3)8(11)10-7/h4-5,11H,1-3H3,(H,9,10). The third-order valence-corrected chi connectivity index (χ3v) is 1.56. The Bertz CT molecular complexity index is 216. The van der Waals surface area contributed by atoms with Crippen molar-refractivity contribution in [1.29, 1.82) is 0 Å². The van der Waals surface area contributed by atoms with Gasteiger partial charge in [-0.1, -0.05) is 13.8 Å². The summed E-state index contributed by atoms with van der Waals surface area (Å²) in [5.74, 6) is 1.25. The molecule has 61 valence electrons. The van der Waals surface area contributed by atoms with Crippen LogP contribution in [0.1, 0.15) is 20.8 Å². The van der Waals surface area contributed by atoms with E-state index in [1.807, 2.05) is 20.8 Å². The summed E-state index contributed by atoms with van der Waals surface area (Å²) >= 11 is 0. The van der Waals surface area contributed by atoms with Crippen LogP contribution in [-0.4, -0.2) is 10.9 Å². The Hall–Kier alpha value is -0.990. The topological polar surface area (TPSA) is 44.6 Å². The fourth-order valence-electron chi connectivity index (χ4n) is 0.777. The molecule has 0 amide bonds. The molecular formula is C8H13N2O. The van der Waals surface area contributed by atoms with Crippen molar-refractivity contribution < 1.29 is 5.11 Å². The largest absolute Gasteiger partial charge is 0.493 e. The Labute approximate surface area is 66.8 Å². The van der Waals surface area contributed by atoms with E-state index >= 15 is 0 Å². The molecule has 11 heavy (non-hydrogen) atoms. The second kappa shape index (κ2) is 2.95. The van der Waals surface area contributed by atoms with Crippen molar-refractivity contribution in [1.82, 2.24) is 5.32 Å². The second-order valence-electron chi connectivity index (χ2n) is 2.95. The zero-order valence-electron chi connectivity index (χ0n) is 7.05. The lowest BCUT2D eigenvalue weighted by Gasteiger charge is -2.17. The van der Waals surface area contributed by atoms with Crippen molar-refractivity contribution in [2.75, 3.05) is 0 Å². The van der Waals surface area contributed by atoms with Crippen LogP contribution >= 0.6 is 0 Å². The molecule has 1 heterocycles. The van der Waals surface area contributed by atoms with E-state index in [2.05, 4.69) is 10.3 Å². The molecule has 0 aliphatic carbocycles. The van der Waals surface area contributed by atoms with Gasteiger partial charge in [0, 0.05) is 11.5 Å². The van der Waals surface area contributed by atoms with E-state index in [1.54, 1.807) is 6.54 Å². The lowest BCUT2D eigenvalue weighted by molar-refractivity contribution is 0.396. The van der Waals surface area contributed by atoms with Crippen LogP contribution in [0.25, 0.3) is 0 Å². The zero-order valence-corrected chi connectivity index (χ0v) is 7.05. The van der Waals surface area contributed by atoms with Gasteiger partial charge in [-0.2, -0.15) is 0 Å². The predicted molar refractivity (Wildman–Crippen MR) is 45.0 cm³/mol. The second-order valence-corrected chi connectivity index (χ2v) is 2.95. The average molecular weight is 153 g/mol. The SMILES string of the molecule is CC1=C(O)N=C(C(C)C)N[CH]1. The van der Waals surface area contributed by atoms with Gasteiger partial charge in [-0.25, -0.2) is 4.99 Å². The van der Waals surface area contributed by atoms with Gasteiger partial charge in [0.05, 0.1) is 6.54 Å². The Kier molecular flexibility index (Phi) is 2.17. The number of rotatable bonds is 1. The summed E-state index contributed by atoms with van der Waals surface area (Å²) < 4.78 is 0. The normalized spacial score (nSPS) is 18.4. The highest BCUT2D eigenvalue weighted by Gasteiger charge is 2.12. The molecule has 0 saturated heterocycles. The van der Waals surface area contributed by atoms with Crippen LogP contribution in [0.15, 0.2) is 16.4 Å². The quantitative estimate of drug-likeness (QED) is 0.601. The van der Waals surface area contributed by atoms with Gasteiger partial charge in [-0.15, -0.1) is 0 Å². The molecule has 0 bridgehead atoms. The minimum Gasteiger partial charge on any atom is -0.493 e. The first-order valence-electron chi connectivity index (χ1n) is 3.69. The smallest absolute Gasteiger partial charge is 0.213 e. The number of aliphatic hydroxyl groups excluding tert-OH is 1. The van der Waals surface area contributed by atoms with Crippen molar-refractivity contribution in [3.63, 3.8) is 0 Å². The van der Waals surface area contributed by atoms with E-state index in [9.17, 15) is 5.11 Å². The first-order chi connectivity index (χ1) is 5.11. The summed E-state index contributed by atoms with van der Waals surface area (Å²) in [5, 5.41) is 12.2. The van der Waals surface area contributed by atoms with E-state index in [4.69, 9.17) is 0 Å². The fourth-order valence-corrected chi connectivity index (χ4v) is 0.777. The molecule has 1 radical (unpaired) electrons. The van der Waals surface area contributed by atoms with Gasteiger partial charge in [0.2, 0.25) is 5.88 Å². The molecule has 0 unspecified atom stereocenters. The summed E-state index contributed by atoms with van der Waals surface area (Å²) in [7, 11) is 0. The lowest BCUT2D eigenvalue weighted by Crippen LogP contribution is -2.29. The molecule has 1 aliphatic rings. The van der Waals surface area contributed by atoms with Crippen molar-refractivity contribution in [3.05, 3.63) is 18.0 Å². The van der Waals surface area contributed by atoms with Crippen molar-refractivity contribution in [3.8, 4) is 0 Å². The highest BCUT2D eigenvalue weighted by molar-refractivity contribution is 5.86. The van der Waals surface area contributed by atoms with E-state index in [1.165, 1.54) is 0 Å². The highest BCUT2D eigenvalue weighted by Crippen LogP contribution is 2.11. The summed E-state index contributed by atoms with van der Waals surface area (Å²) in [6.07, 6.45) is 0. The van der Waals surface area contributed by atoms with E-state index in [0.717, 1.165) is 11.4 Å². The first-order valence-corrected chi connectivity index (χ1v) is 3.69. The average Bonchev–Trinajstić information content (AvgIpc) is 1.94. The molecule has 1 rings (SSSR count). The number of nitrogens with zero attached hydrogens (tertiary/aromatic N) is 1. The molecule has 0 aromatic carbocycles. The van der Waals surface area contributed by atoms with Gasteiger partial charge >= 0.3 is 0 Å². The van der Waals surface area contributed by atoms with Gasteiger partial charge in [0.15, 0.2) is 0 Å². The third kappa shape index (κ3) is 1.73. The van der Waals surface area contributed by atoms with Crippen LogP contribution < -0.4 is 5.32 Å². The molecule has 3 heteroatoms. The van der Waals surface area contributed by atoms with Crippen LogP contribution in [0.5, 0.6) is 0 Å². The maximum absolute atomic E-state index is 9.22. The van der Waals surface area contributed by atoms with E-state index in [0.29, 0.717) is 5.92 Å². The molecular weight excluding hydrogens is 140 g/mol. The lowest BCUT2D eigenvalue weighted by atomic mass is 10.1.